The number of alkyl halides is 3. The van der Waals surface area contributed by atoms with Gasteiger partial charge < -0.3 is 10.1 Å². The van der Waals surface area contributed by atoms with Gasteiger partial charge in [-0.2, -0.15) is 18.3 Å². The Labute approximate surface area is 138 Å². The summed E-state index contributed by atoms with van der Waals surface area (Å²) < 4.78 is 44.2. The number of rotatable bonds is 4. The number of anilines is 1. The highest BCUT2D eigenvalue weighted by atomic mass is 79.9. The van der Waals surface area contributed by atoms with Crippen LogP contribution in [0.15, 0.2) is 28.7 Å². The van der Waals surface area contributed by atoms with Crippen LogP contribution in [0.5, 0.6) is 5.75 Å². The molecule has 1 N–H and O–H groups in total. The molecule has 0 atom stereocenters. The number of hydrogen-bond acceptors (Lipinski definition) is 3. The van der Waals surface area contributed by atoms with E-state index in [0.29, 0.717) is 22.7 Å². The lowest BCUT2D eigenvalue weighted by molar-refractivity contribution is -0.144. The van der Waals surface area contributed by atoms with Crippen molar-refractivity contribution in [3.8, 4) is 5.75 Å². The van der Waals surface area contributed by atoms with Crippen LogP contribution < -0.4 is 10.1 Å². The van der Waals surface area contributed by atoms with Crippen molar-refractivity contribution in [3.05, 3.63) is 40.1 Å². The lowest BCUT2D eigenvalue weighted by Gasteiger charge is -2.07. The van der Waals surface area contributed by atoms with Crippen LogP contribution in [0.4, 0.5) is 18.9 Å². The van der Waals surface area contributed by atoms with E-state index in [2.05, 4.69) is 26.3 Å². The fourth-order valence-electron chi connectivity index (χ4n) is 1.94. The molecule has 0 unspecified atom stereocenters. The monoisotopic (exact) mass is 391 g/mol. The molecule has 0 aliphatic heterocycles. The Morgan fingerprint density at radius 3 is 2.43 bits per heavy atom. The van der Waals surface area contributed by atoms with Crippen LogP contribution in [-0.2, 0) is 13.2 Å². The van der Waals surface area contributed by atoms with Crippen LogP contribution in [0.3, 0.4) is 0 Å². The molecule has 0 bridgehead atoms. The summed E-state index contributed by atoms with van der Waals surface area (Å²) in [7, 11) is 1.13. The number of halogens is 4. The molecule has 1 amide bonds. The summed E-state index contributed by atoms with van der Waals surface area (Å²) >= 11 is 2.80. The predicted octanol–water partition coefficient (Wildman–Crippen LogP) is 3.85. The highest BCUT2D eigenvalue weighted by Gasteiger charge is 2.39. The number of carbonyl (C=O) groups excluding carboxylic acids is 1. The molecule has 9 heteroatoms. The average molecular weight is 392 g/mol. The first-order valence-corrected chi connectivity index (χ1v) is 7.37. The standard InChI is InChI=1S/C14H13BrF3N3O2/c1-3-23-9-6-4-8(5-7-9)19-13(22)11-10(15)12(14(16,17)18)21(2)20-11/h4-7H,3H2,1-2H3,(H,19,22). The molecule has 124 valence electrons. The van der Waals surface area contributed by atoms with Gasteiger partial charge in [-0.15, -0.1) is 0 Å². The maximum absolute atomic E-state index is 12.9. The Hall–Kier alpha value is -2.03. The van der Waals surface area contributed by atoms with Crippen molar-refractivity contribution in [3.63, 3.8) is 0 Å². The van der Waals surface area contributed by atoms with E-state index in [4.69, 9.17) is 4.74 Å². The second kappa shape index (κ2) is 6.61. The minimum absolute atomic E-state index is 0.339. The van der Waals surface area contributed by atoms with Gasteiger partial charge in [0.15, 0.2) is 11.4 Å². The van der Waals surface area contributed by atoms with Crippen molar-refractivity contribution in [1.82, 2.24) is 9.78 Å². The zero-order valence-electron chi connectivity index (χ0n) is 12.2. The Kier molecular flexibility index (Phi) is 4.98. The summed E-state index contributed by atoms with van der Waals surface area (Å²) in [4.78, 5) is 12.1. The molecule has 0 aliphatic carbocycles. The number of aryl methyl sites for hydroxylation is 1. The average Bonchev–Trinajstić information content (AvgIpc) is 2.76. The molecule has 0 saturated carbocycles. The van der Waals surface area contributed by atoms with E-state index < -0.39 is 22.3 Å². The van der Waals surface area contributed by atoms with E-state index in [0.717, 1.165) is 7.05 Å². The quantitative estimate of drug-likeness (QED) is 0.860. The molecule has 1 heterocycles. The molecule has 1 aromatic carbocycles. The van der Waals surface area contributed by atoms with Crippen molar-refractivity contribution in [2.45, 2.75) is 13.1 Å². The molecule has 23 heavy (non-hydrogen) atoms. The fourth-order valence-corrected chi connectivity index (χ4v) is 2.68. The number of amides is 1. The number of nitrogens with one attached hydrogen (secondary N) is 1. The third-order valence-electron chi connectivity index (χ3n) is 2.90. The van der Waals surface area contributed by atoms with Crippen molar-refractivity contribution in [2.75, 3.05) is 11.9 Å². The number of nitrogens with zero attached hydrogens (tertiary/aromatic N) is 2. The summed E-state index contributed by atoms with van der Waals surface area (Å²) in [5.74, 6) is -0.115. The van der Waals surface area contributed by atoms with E-state index in [9.17, 15) is 18.0 Å². The number of aromatic nitrogens is 2. The molecule has 0 spiro atoms. The largest absolute Gasteiger partial charge is 0.494 e. The molecule has 0 radical (unpaired) electrons. The minimum Gasteiger partial charge on any atom is -0.494 e. The van der Waals surface area contributed by atoms with E-state index in [1.165, 1.54) is 0 Å². The maximum atomic E-state index is 12.9. The summed E-state index contributed by atoms with van der Waals surface area (Å²) in [6, 6.07) is 6.47. The zero-order valence-corrected chi connectivity index (χ0v) is 13.8. The third kappa shape index (κ3) is 3.84. The van der Waals surface area contributed by atoms with Gasteiger partial charge in [0.05, 0.1) is 11.1 Å². The number of benzene rings is 1. The summed E-state index contributed by atoms with van der Waals surface area (Å²) in [5, 5.41) is 6.13. The number of ether oxygens (including phenoxy) is 1. The first kappa shape index (κ1) is 17.3. The molecule has 5 nitrogen and oxygen atoms in total. The van der Waals surface area contributed by atoms with Gasteiger partial charge in [0.1, 0.15) is 5.75 Å². The Bertz CT molecular complexity index is 711. The van der Waals surface area contributed by atoms with E-state index in [1.54, 1.807) is 24.3 Å². The Balaban J connectivity index is 2.21. The zero-order chi connectivity index (χ0) is 17.2. The van der Waals surface area contributed by atoms with Crippen LogP contribution in [-0.4, -0.2) is 22.3 Å². The molecule has 2 rings (SSSR count). The third-order valence-corrected chi connectivity index (χ3v) is 3.65. The molecule has 2 aromatic rings. The second-order valence-corrected chi connectivity index (χ2v) is 5.34. The van der Waals surface area contributed by atoms with Gasteiger partial charge in [-0.3, -0.25) is 9.48 Å². The first-order chi connectivity index (χ1) is 10.7. The Morgan fingerprint density at radius 2 is 1.96 bits per heavy atom. The fraction of sp³-hybridized carbons (Fsp3) is 0.286. The maximum Gasteiger partial charge on any atom is 0.434 e. The molecule has 0 saturated heterocycles. The van der Waals surface area contributed by atoms with Gasteiger partial charge in [-0.25, -0.2) is 0 Å². The van der Waals surface area contributed by atoms with Crippen LogP contribution in [0.25, 0.3) is 0 Å². The summed E-state index contributed by atoms with van der Waals surface area (Å²) in [6.07, 6.45) is -4.61. The normalized spacial score (nSPS) is 11.4. The van der Waals surface area contributed by atoms with Gasteiger partial charge in [0.25, 0.3) is 5.91 Å². The van der Waals surface area contributed by atoms with Crippen LogP contribution >= 0.6 is 15.9 Å². The molecular weight excluding hydrogens is 379 g/mol. The summed E-state index contributed by atoms with van der Waals surface area (Å²) in [6.45, 7) is 2.35. The van der Waals surface area contributed by atoms with Gasteiger partial charge in [-0.1, -0.05) is 0 Å². The first-order valence-electron chi connectivity index (χ1n) is 6.58. The van der Waals surface area contributed by atoms with E-state index >= 15 is 0 Å². The van der Waals surface area contributed by atoms with Crippen molar-refractivity contribution < 1.29 is 22.7 Å². The van der Waals surface area contributed by atoms with Crippen molar-refractivity contribution in [2.24, 2.45) is 7.05 Å². The molecule has 0 fully saturated rings. The van der Waals surface area contributed by atoms with E-state index in [1.807, 2.05) is 6.92 Å². The van der Waals surface area contributed by atoms with Crippen molar-refractivity contribution in [1.29, 1.82) is 0 Å². The molecule has 0 aliphatic rings. The van der Waals surface area contributed by atoms with Gasteiger partial charge in [0.2, 0.25) is 0 Å². The highest BCUT2D eigenvalue weighted by molar-refractivity contribution is 9.10. The number of hydrogen-bond donors (Lipinski definition) is 1. The Morgan fingerprint density at radius 1 is 1.35 bits per heavy atom. The SMILES string of the molecule is CCOc1ccc(NC(=O)c2nn(C)c(C(F)(F)F)c2Br)cc1. The van der Waals surface area contributed by atoms with Gasteiger partial charge >= 0.3 is 6.18 Å². The van der Waals surface area contributed by atoms with Crippen LogP contribution in [0.2, 0.25) is 0 Å². The van der Waals surface area contributed by atoms with Gasteiger partial charge in [0, 0.05) is 12.7 Å². The smallest absolute Gasteiger partial charge is 0.434 e. The molecule has 1 aromatic heterocycles. The summed E-state index contributed by atoms with van der Waals surface area (Å²) in [5.41, 5.74) is -0.937. The highest BCUT2D eigenvalue weighted by Crippen LogP contribution is 2.36. The number of carbonyl (C=O) groups is 1. The lowest BCUT2D eigenvalue weighted by Crippen LogP contribution is -2.13. The van der Waals surface area contributed by atoms with E-state index in [-0.39, 0.29) is 5.69 Å². The predicted molar refractivity (Wildman–Crippen MR) is 81.5 cm³/mol. The van der Waals surface area contributed by atoms with Crippen molar-refractivity contribution >= 4 is 27.5 Å². The topological polar surface area (TPSA) is 56.1 Å². The molecular formula is C14H13BrF3N3O2. The lowest BCUT2D eigenvalue weighted by atomic mass is 10.2. The van der Waals surface area contributed by atoms with Crippen LogP contribution in [0.1, 0.15) is 23.1 Å². The van der Waals surface area contributed by atoms with Crippen LogP contribution in [0, 0.1) is 0 Å². The van der Waals surface area contributed by atoms with Gasteiger partial charge in [-0.05, 0) is 47.1 Å². The minimum atomic E-state index is -4.61. The second-order valence-electron chi connectivity index (χ2n) is 4.54.